The minimum Gasteiger partial charge on any atom is -0.481 e. The minimum atomic E-state index is -5.12. The van der Waals surface area contributed by atoms with E-state index in [2.05, 4.69) is 30.4 Å². The standard InChI is InChI=1S/C9H6BrF6NO2/c1-18-6-2-5(19-9(14,15)16)4(3-10)7(17-6)8(11,12)13/h2H,3H2,1H3. The monoisotopic (exact) mass is 353 g/mol. The van der Waals surface area contributed by atoms with Crippen molar-refractivity contribution in [3.05, 3.63) is 17.3 Å². The van der Waals surface area contributed by atoms with E-state index in [-0.39, 0.29) is 0 Å². The second-order valence-electron chi connectivity index (χ2n) is 3.17. The first-order valence-electron chi connectivity index (χ1n) is 4.55. The van der Waals surface area contributed by atoms with Gasteiger partial charge in [0.15, 0.2) is 5.69 Å². The lowest BCUT2D eigenvalue weighted by atomic mass is 10.2. The van der Waals surface area contributed by atoms with Gasteiger partial charge in [-0.2, -0.15) is 13.2 Å². The Kier molecular flexibility index (Phi) is 4.54. The van der Waals surface area contributed by atoms with Crippen molar-refractivity contribution in [3.63, 3.8) is 0 Å². The molecule has 0 saturated carbocycles. The molecule has 1 rings (SSSR count). The Balaban J connectivity index is 3.44. The second-order valence-corrected chi connectivity index (χ2v) is 3.73. The predicted molar refractivity (Wildman–Crippen MR) is 55.1 cm³/mol. The maximum atomic E-state index is 12.7. The van der Waals surface area contributed by atoms with Crippen LogP contribution in [-0.4, -0.2) is 18.5 Å². The first-order chi connectivity index (χ1) is 8.58. The molecule has 0 radical (unpaired) electrons. The fraction of sp³-hybridized carbons (Fsp3) is 0.444. The van der Waals surface area contributed by atoms with Crippen molar-refractivity contribution in [3.8, 4) is 11.6 Å². The molecule has 0 spiro atoms. The zero-order valence-electron chi connectivity index (χ0n) is 9.19. The van der Waals surface area contributed by atoms with Gasteiger partial charge in [-0.1, -0.05) is 15.9 Å². The van der Waals surface area contributed by atoms with Crippen LogP contribution in [0.2, 0.25) is 0 Å². The van der Waals surface area contributed by atoms with Crippen LogP contribution in [0.3, 0.4) is 0 Å². The molecule has 1 aromatic heterocycles. The lowest BCUT2D eigenvalue weighted by Gasteiger charge is -2.17. The first kappa shape index (κ1) is 15.9. The Morgan fingerprint density at radius 2 is 1.79 bits per heavy atom. The van der Waals surface area contributed by atoms with Gasteiger partial charge in [0.05, 0.1) is 7.11 Å². The van der Waals surface area contributed by atoms with Crippen molar-refractivity contribution >= 4 is 15.9 Å². The van der Waals surface area contributed by atoms with Gasteiger partial charge in [0, 0.05) is 17.0 Å². The van der Waals surface area contributed by atoms with Crippen molar-refractivity contribution in [1.29, 1.82) is 0 Å². The van der Waals surface area contributed by atoms with Crippen LogP contribution in [0.4, 0.5) is 26.3 Å². The van der Waals surface area contributed by atoms with E-state index >= 15 is 0 Å². The molecule has 0 aliphatic heterocycles. The van der Waals surface area contributed by atoms with Gasteiger partial charge in [0.25, 0.3) is 0 Å². The molecule has 1 aromatic rings. The molecule has 0 amide bonds. The highest BCUT2D eigenvalue weighted by molar-refractivity contribution is 9.08. The summed E-state index contributed by atoms with van der Waals surface area (Å²) < 4.78 is 82.5. The molecule has 0 atom stereocenters. The molecule has 10 heteroatoms. The van der Waals surface area contributed by atoms with Gasteiger partial charge in [-0.3, -0.25) is 0 Å². The second kappa shape index (κ2) is 5.43. The van der Waals surface area contributed by atoms with Gasteiger partial charge in [0.1, 0.15) is 5.75 Å². The van der Waals surface area contributed by atoms with Crippen LogP contribution >= 0.6 is 15.9 Å². The fourth-order valence-corrected chi connectivity index (χ4v) is 1.75. The molecule has 0 unspecified atom stereocenters. The maximum Gasteiger partial charge on any atom is 0.573 e. The third kappa shape index (κ3) is 4.15. The Bertz CT molecular complexity index is 459. The van der Waals surface area contributed by atoms with Crippen molar-refractivity contribution in [2.45, 2.75) is 17.9 Å². The van der Waals surface area contributed by atoms with Crippen LogP contribution in [0.25, 0.3) is 0 Å². The van der Waals surface area contributed by atoms with Gasteiger partial charge in [-0.25, -0.2) is 4.98 Å². The normalized spacial score (nSPS) is 12.4. The zero-order chi connectivity index (χ0) is 14.8. The van der Waals surface area contributed by atoms with Crippen LogP contribution < -0.4 is 9.47 Å². The number of methoxy groups -OCH3 is 1. The lowest BCUT2D eigenvalue weighted by Crippen LogP contribution is -2.20. The van der Waals surface area contributed by atoms with Gasteiger partial charge in [0.2, 0.25) is 5.88 Å². The molecule has 0 fully saturated rings. The van der Waals surface area contributed by atoms with E-state index in [0.29, 0.717) is 6.07 Å². The minimum absolute atomic E-state index is 0.510. The fourth-order valence-electron chi connectivity index (χ4n) is 1.21. The van der Waals surface area contributed by atoms with Crippen LogP contribution in [0.1, 0.15) is 11.3 Å². The van der Waals surface area contributed by atoms with Gasteiger partial charge in [-0.15, -0.1) is 13.2 Å². The Morgan fingerprint density at radius 1 is 1.21 bits per heavy atom. The van der Waals surface area contributed by atoms with E-state index < -0.39 is 40.8 Å². The summed E-state index contributed by atoms with van der Waals surface area (Å²) in [5, 5.41) is -0.510. The molecule has 0 bridgehead atoms. The SMILES string of the molecule is COc1cc(OC(F)(F)F)c(CBr)c(C(F)(F)F)n1. The third-order valence-corrected chi connectivity index (χ3v) is 2.46. The van der Waals surface area contributed by atoms with Crippen LogP contribution in [0.15, 0.2) is 6.07 Å². The van der Waals surface area contributed by atoms with E-state index in [4.69, 9.17) is 0 Å². The van der Waals surface area contributed by atoms with E-state index in [1.54, 1.807) is 0 Å². The average Bonchev–Trinajstić information content (AvgIpc) is 2.24. The van der Waals surface area contributed by atoms with E-state index in [9.17, 15) is 26.3 Å². The van der Waals surface area contributed by atoms with Crippen molar-refractivity contribution in [2.75, 3.05) is 7.11 Å². The molecule has 0 aliphatic carbocycles. The molecule has 108 valence electrons. The van der Waals surface area contributed by atoms with Crippen LogP contribution in [-0.2, 0) is 11.5 Å². The van der Waals surface area contributed by atoms with Crippen LogP contribution in [0.5, 0.6) is 11.6 Å². The summed E-state index contributed by atoms with van der Waals surface area (Å²) in [5.41, 5.74) is -2.26. The third-order valence-electron chi connectivity index (χ3n) is 1.90. The summed E-state index contributed by atoms with van der Waals surface area (Å²) in [6.07, 6.45) is -10.0. The topological polar surface area (TPSA) is 31.4 Å². The first-order valence-corrected chi connectivity index (χ1v) is 5.67. The van der Waals surface area contributed by atoms with Gasteiger partial charge >= 0.3 is 12.5 Å². The average molecular weight is 354 g/mol. The van der Waals surface area contributed by atoms with Gasteiger partial charge in [-0.05, 0) is 0 Å². The lowest BCUT2D eigenvalue weighted by molar-refractivity contribution is -0.275. The molecular weight excluding hydrogens is 348 g/mol. The zero-order valence-corrected chi connectivity index (χ0v) is 10.8. The number of ether oxygens (including phenoxy) is 2. The highest BCUT2D eigenvalue weighted by Gasteiger charge is 2.40. The quantitative estimate of drug-likeness (QED) is 0.610. The molecule has 0 saturated heterocycles. The van der Waals surface area contributed by atoms with Crippen molar-refractivity contribution in [2.24, 2.45) is 0 Å². The predicted octanol–water partition coefficient (Wildman–Crippen LogP) is 3.90. The Labute approximate surface area is 111 Å². The molecule has 0 N–H and O–H groups in total. The number of alkyl halides is 7. The summed E-state index contributed by atoms with van der Waals surface area (Å²) >= 11 is 2.68. The molecule has 3 nitrogen and oxygen atoms in total. The summed E-state index contributed by atoms with van der Waals surface area (Å²) in [7, 11) is 0.980. The summed E-state index contributed by atoms with van der Waals surface area (Å²) in [5.74, 6) is -1.64. The number of aromatic nitrogens is 1. The molecule has 0 aromatic carbocycles. The highest BCUT2D eigenvalue weighted by Crippen LogP contribution is 2.39. The molecular formula is C9H6BrF6NO2. The Hall–Kier alpha value is -1.19. The van der Waals surface area contributed by atoms with E-state index in [1.807, 2.05) is 0 Å². The number of nitrogens with zero attached hydrogens (tertiary/aromatic N) is 1. The maximum absolute atomic E-state index is 12.7. The molecule has 19 heavy (non-hydrogen) atoms. The number of hydrogen-bond donors (Lipinski definition) is 0. The van der Waals surface area contributed by atoms with Gasteiger partial charge < -0.3 is 9.47 Å². The summed E-state index contributed by atoms with van der Waals surface area (Å²) in [6.45, 7) is 0. The Morgan fingerprint density at radius 3 is 2.16 bits per heavy atom. The van der Waals surface area contributed by atoms with Crippen molar-refractivity contribution in [1.82, 2.24) is 4.98 Å². The highest BCUT2D eigenvalue weighted by atomic mass is 79.9. The molecule has 0 aliphatic rings. The number of rotatable bonds is 3. The smallest absolute Gasteiger partial charge is 0.481 e. The number of pyridine rings is 1. The molecule has 1 heterocycles. The van der Waals surface area contributed by atoms with Crippen LogP contribution in [0, 0.1) is 0 Å². The van der Waals surface area contributed by atoms with E-state index in [0.717, 1.165) is 7.11 Å². The summed E-state index contributed by atoms with van der Waals surface area (Å²) in [6, 6.07) is 0.638. The summed E-state index contributed by atoms with van der Waals surface area (Å²) in [4.78, 5) is 3.10. The largest absolute Gasteiger partial charge is 0.573 e. The van der Waals surface area contributed by atoms with Crippen molar-refractivity contribution < 1.29 is 35.8 Å². The number of hydrogen-bond acceptors (Lipinski definition) is 3. The number of halogens is 7. The van der Waals surface area contributed by atoms with E-state index in [1.165, 1.54) is 0 Å².